The highest BCUT2D eigenvalue weighted by Crippen LogP contribution is 2.35. The molecule has 0 saturated heterocycles. The zero-order valence-corrected chi connectivity index (χ0v) is 13.1. The van der Waals surface area contributed by atoms with Crippen LogP contribution in [0.4, 0.5) is 11.4 Å². The number of nitrogen functional groups attached to an aromatic ring is 2. The summed E-state index contributed by atoms with van der Waals surface area (Å²) in [5.74, 6) is -0.495. The molecule has 0 unspecified atom stereocenters. The molecule has 100 valence electrons. The van der Waals surface area contributed by atoms with Crippen LogP contribution >= 0.6 is 31.9 Å². The van der Waals surface area contributed by atoms with E-state index in [2.05, 4.69) is 31.9 Å². The molecular formula is C9H10Br2N2O4S. The van der Waals surface area contributed by atoms with E-state index in [1.54, 1.807) is 0 Å². The van der Waals surface area contributed by atoms with Crippen LogP contribution in [0.5, 0.6) is 0 Å². The van der Waals surface area contributed by atoms with Gasteiger partial charge in [-0.15, -0.1) is 0 Å². The average molecular weight is 402 g/mol. The zero-order valence-electron chi connectivity index (χ0n) is 9.15. The molecule has 1 aromatic carbocycles. The highest BCUT2D eigenvalue weighted by molar-refractivity contribution is 9.25. The van der Waals surface area contributed by atoms with Gasteiger partial charge in [0.05, 0.1) is 11.4 Å². The lowest BCUT2D eigenvalue weighted by molar-refractivity contribution is 0.0988. The molecule has 1 rings (SSSR count). The number of carbonyl (C=O) groups is 1. The molecule has 0 fully saturated rings. The van der Waals surface area contributed by atoms with Crippen LogP contribution in [0.3, 0.4) is 0 Å². The van der Waals surface area contributed by atoms with E-state index in [9.17, 15) is 13.2 Å². The Morgan fingerprint density at radius 1 is 1.33 bits per heavy atom. The smallest absolute Gasteiger partial charge is 0.298 e. The molecule has 6 nitrogen and oxygen atoms in total. The molecular weight excluding hydrogens is 392 g/mol. The van der Waals surface area contributed by atoms with Gasteiger partial charge in [-0.1, -0.05) is 31.9 Å². The van der Waals surface area contributed by atoms with E-state index in [1.165, 1.54) is 19.1 Å². The van der Waals surface area contributed by atoms with Crippen LogP contribution in [0.25, 0.3) is 0 Å². The van der Waals surface area contributed by atoms with Gasteiger partial charge in [0.2, 0.25) is 0 Å². The van der Waals surface area contributed by atoms with Gasteiger partial charge < -0.3 is 11.5 Å². The number of Topliss-reactive ketones (excluding diaryl/α,β-unsaturated/α-hetero) is 1. The van der Waals surface area contributed by atoms with Crippen molar-refractivity contribution in [1.29, 1.82) is 0 Å². The van der Waals surface area contributed by atoms with Gasteiger partial charge in [0.1, 0.15) is 8.13 Å². The van der Waals surface area contributed by atoms with E-state index in [0.717, 1.165) is 0 Å². The van der Waals surface area contributed by atoms with E-state index in [0.29, 0.717) is 0 Å². The van der Waals surface area contributed by atoms with Gasteiger partial charge in [0.15, 0.2) is 5.78 Å². The Morgan fingerprint density at radius 2 is 1.83 bits per heavy atom. The number of carbonyl (C=O) groups excluding carboxylic acids is 1. The zero-order chi connectivity index (χ0) is 14.3. The third-order valence-electron chi connectivity index (χ3n) is 2.13. The Morgan fingerprint density at radius 3 is 2.22 bits per heavy atom. The van der Waals surface area contributed by atoms with Crippen molar-refractivity contribution in [3.8, 4) is 0 Å². The van der Waals surface area contributed by atoms with Crippen LogP contribution < -0.4 is 11.5 Å². The van der Waals surface area contributed by atoms with Crippen molar-refractivity contribution >= 4 is 59.1 Å². The maximum absolute atomic E-state index is 12.0. The fourth-order valence-corrected chi connectivity index (χ4v) is 2.52. The molecule has 18 heavy (non-hydrogen) atoms. The highest BCUT2D eigenvalue weighted by atomic mass is 79.9. The summed E-state index contributed by atoms with van der Waals surface area (Å²) >= 11 is 6.15. The molecule has 0 aliphatic carbocycles. The largest absolute Gasteiger partial charge is 0.398 e. The Labute approximate surface area is 121 Å². The lowest BCUT2D eigenvalue weighted by atomic mass is 10.1. The van der Waals surface area contributed by atoms with Gasteiger partial charge in [0.25, 0.3) is 10.1 Å². The average Bonchev–Trinajstić information content (AvgIpc) is 2.13. The van der Waals surface area contributed by atoms with Gasteiger partial charge in [-0.25, -0.2) is 0 Å². The van der Waals surface area contributed by atoms with Crippen molar-refractivity contribution in [3.05, 3.63) is 17.7 Å². The second kappa shape index (κ2) is 4.80. The molecule has 0 heterocycles. The third-order valence-corrected chi connectivity index (χ3v) is 3.82. The van der Waals surface area contributed by atoms with Gasteiger partial charge in [-0.2, -0.15) is 8.42 Å². The van der Waals surface area contributed by atoms with Crippen molar-refractivity contribution < 1.29 is 17.8 Å². The second-order valence-electron chi connectivity index (χ2n) is 3.64. The number of rotatable bonds is 3. The molecule has 0 saturated carbocycles. The highest BCUT2D eigenvalue weighted by Gasteiger charge is 2.31. The first-order chi connectivity index (χ1) is 7.96. The molecule has 0 aliphatic heterocycles. The van der Waals surface area contributed by atoms with Crippen molar-refractivity contribution in [2.75, 3.05) is 11.5 Å². The first kappa shape index (κ1) is 15.4. The number of benzene rings is 1. The predicted molar refractivity (Wildman–Crippen MR) is 75.7 cm³/mol. The molecule has 9 heteroatoms. The van der Waals surface area contributed by atoms with Crippen LogP contribution in [-0.4, -0.2) is 22.0 Å². The first-order valence-electron chi connectivity index (χ1n) is 4.54. The van der Waals surface area contributed by atoms with Gasteiger partial charge in [0, 0.05) is 5.56 Å². The maximum Gasteiger partial charge on any atom is 0.298 e. The van der Waals surface area contributed by atoms with Gasteiger partial charge >= 0.3 is 0 Å². The third kappa shape index (κ3) is 3.02. The molecule has 0 radical (unpaired) electrons. The topological polar surface area (TPSA) is 123 Å². The quantitative estimate of drug-likeness (QED) is 0.307. The fraction of sp³-hybridized carbons (Fsp3) is 0.222. The van der Waals surface area contributed by atoms with Crippen LogP contribution in [0.15, 0.2) is 17.0 Å². The van der Waals surface area contributed by atoms with E-state index in [1.807, 2.05) is 0 Å². The summed E-state index contributed by atoms with van der Waals surface area (Å²) in [5.41, 5.74) is 10.3. The second-order valence-corrected chi connectivity index (χ2v) is 9.23. The van der Waals surface area contributed by atoms with E-state index in [-0.39, 0.29) is 16.9 Å². The van der Waals surface area contributed by atoms with Gasteiger partial charge in [-0.3, -0.25) is 9.35 Å². The van der Waals surface area contributed by atoms with Crippen LogP contribution in [-0.2, 0) is 10.1 Å². The predicted octanol–water partition coefficient (Wildman–Crippen LogP) is 1.79. The number of anilines is 2. The number of nitrogens with two attached hydrogens (primary N) is 2. The molecule has 0 aliphatic rings. The van der Waals surface area contributed by atoms with Crippen molar-refractivity contribution in [2.24, 2.45) is 0 Å². The summed E-state index contributed by atoms with van der Waals surface area (Å²) in [4.78, 5) is 11.3. The van der Waals surface area contributed by atoms with Crippen molar-refractivity contribution in [3.63, 3.8) is 0 Å². The Kier molecular flexibility index (Phi) is 4.11. The monoisotopic (exact) mass is 400 g/mol. The van der Waals surface area contributed by atoms with Crippen molar-refractivity contribution in [2.45, 2.75) is 15.1 Å². The minimum atomic E-state index is -4.60. The summed E-state index contributed by atoms with van der Waals surface area (Å²) < 4.78 is 30.3. The maximum atomic E-state index is 12.0. The fourth-order valence-electron chi connectivity index (χ4n) is 1.34. The molecule has 0 amide bonds. The van der Waals surface area contributed by atoms with E-state index >= 15 is 0 Å². The summed E-state index contributed by atoms with van der Waals surface area (Å²) in [5, 5.41) is 0. The number of halogens is 2. The Bertz CT molecular complexity index is 608. The minimum Gasteiger partial charge on any atom is -0.398 e. The van der Waals surface area contributed by atoms with E-state index in [4.69, 9.17) is 16.0 Å². The lowest BCUT2D eigenvalue weighted by Crippen LogP contribution is -2.23. The standard InChI is InChI=1S/C9H10Br2N2O4S/c1-9(10,11)8(14)4-2-3-5(12)7(6(4)13)18(15,16)17/h2-3H,12-13H2,1H3,(H,15,16,17). The van der Waals surface area contributed by atoms with Crippen LogP contribution in [0.1, 0.15) is 17.3 Å². The molecule has 5 N–H and O–H groups in total. The Hall–Kier alpha value is -0.640. The number of hydrogen-bond acceptors (Lipinski definition) is 5. The molecule has 0 spiro atoms. The summed E-state index contributed by atoms with van der Waals surface area (Å²) in [6.45, 7) is 1.51. The summed E-state index contributed by atoms with van der Waals surface area (Å²) in [6.07, 6.45) is 0. The normalized spacial score (nSPS) is 12.4. The Balaban J connectivity index is 3.59. The number of hydrogen-bond donors (Lipinski definition) is 3. The summed E-state index contributed by atoms with van der Waals surface area (Å²) in [6, 6.07) is 2.49. The SMILES string of the molecule is CC(Br)(Br)C(=O)c1ccc(N)c(S(=O)(=O)O)c1N. The molecule has 1 aromatic rings. The number of alkyl halides is 2. The van der Waals surface area contributed by atoms with Crippen LogP contribution in [0.2, 0.25) is 0 Å². The first-order valence-corrected chi connectivity index (χ1v) is 7.57. The summed E-state index contributed by atoms with van der Waals surface area (Å²) in [7, 11) is -4.60. The van der Waals surface area contributed by atoms with Crippen molar-refractivity contribution in [1.82, 2.24) is 0 Å². The molecule has 0 bridgehead atoms. The van der Waals surface area contributed by atoms with Crippen LogP contribution in [0, 0.1) is 0 Å². The lowest BCUT2D eigenvalue weighted by Gasteiger charge is -2.16. The van der Waals surface area contributed by atoms with E-state index < -0.39 is 24.0 Å². The molecule has 0 aromatic heterocycles. The molecule has 0 atom stereocenters. The number of ketones is 1. The van der Waals surface area contributed by atoms with Gasteiger partial charge in [-0.05, 0) is 19.1 Å². The minimum absolute atomic E-state index is 0.0620.